The molecule has 150 valence electrons. The molecule has 2 aromatic carbocycles. The fourth-order valence-electron chi connectivity index (χ4n) is 3.28. The number of hydrogen-bond donors (Lipinski definition) is 3. The molecule has 1 atom stereocenters. The highest BCUT2D eigenvalue weighted by Gasteiger charge is 2.30. The number of halogens is 3. The van der Waals surface area contributed by atoms with Gasteiger partial charge < -0.3 is 10.1 Å². The van der Waals surface area contributed by atoms with Gasteiger partial charge in [-0.2, -0.15) is 13.2 Å². The fourth-order valence-corrected chi connectivity index (χ4v) is 3.85. The molecule has 0 fully saturated rings. The summed E-state index contributed by atoms with van der Waals surface area (Å²) in [5, 5.41) is 10.2. The summed E-state index contributed by atoms with van der Waals surface area (Å²) >= 11 is 0. The van der Waals surface area contributed by atoms with E-state index in [0.717, 1.165) is 29.3 Å². The Bertz CT molecular complexity index is 1070. The van der Waals surface area contributed by atoms with Crippen LogP contribution in [0.15, 0.2) is 48.7 Å². The smallest absolute Gasteiger partial charge is 0.396 e. The highest BCUT2D eigenvalue weighted by Crippen LogP contribution is 2.37. The Morgan fingerprint density at radius 1 is 1.14 bits per heavy atom. The van der Waals surface area contributed by atoms with E-state index in [4.69, 9.17) is 0 Å². The van der Waals surface area contributed by atoms with Crippen molar-refractivity contribution in [3.05, 3.63) is 65.4 Å². The van der Waals surface area contributed by atoms with Crippen molar-refractivity contribution >= 4 is 26.6 Å². The Kier molecular flexibility index (Phi) is 5.40. The lowest BCUT2D eigenvalue weighted by molar-refractivity contribution is -0.137. The number of para-hydroxylation sites is 1. The van der Waals surface area contributed by atoms with E-state index >= 15 is 0 Å². The first-order chi connectivity index (χ1) is 13.1. The predicted octanol–water partition coefficient (Wildman–Crippen LogP) is 4.07. The Morgan fingerprint density at radius 3 is 2.39 bits per heavy atom. The number of anilines is 1. The lowest BCUT2D eigenvalue weighted by Gasteiger charge is -2.17. The van der Waals surface area contributed by atoms with Crippen molar-refractivity contribution in [2.24, 2.45) is 0 Å². The molecule has 1 unspecified atom stereocenters. The second-order valence-electron chi connectivity index (χ2n) is 6.53. The average molecular weight is 412 g/mol. The van der Waals surface area contributed by atoms with Gasteiger partial charge in [0.05, 0.1) is 23.0 Å². The topological polar surface area (TPSA) is 82.2 Å². The Labute approximate surface area is 160 Å². The van der Waals surface area contributed by atoms with E-state index in [9.17, 15) is 26.7 Å². The number of H-pyrrole nitrogens is 1. The first-order valence-corrected chi connectivity index (χ1v) is 10.3. The zero-order valence-electron chi connectivity index (χ0n) is 14.9. The number of fused-ring (bicyclic) bond motifs is 1. The third kappa shape index (κ3) is 4.31. The van der Waals surface area contributed by atoms with Crippen molar-refractivity contribution in [1.82, 2.24) is 4.98 Å². The maximum Gasteiger partial charge on any atom is 0.416 e. The minimum absolute atomic E-state index is 0.153. The minimum Gasteiger partial charge on any atom is -0.396 e. The lowest BCUT2D eigenvalue weighted by atomic mass is 9.88. The molecule has 0 bridgehead atoms. The van der Waals surface area contributed by atoms with Crippen molar-refractivity contribution in [2.75, 3.05) is 17.6 Å². The van der Waals surface area contributed by atoms with Gasteiger partial charge in [0, 0.05) is 24.1 Å². The summed E-state index contributed by atoms with van der Waals surface area (Å²) < 4.78 is 64.1. The van der Waals surface area contributed by atoms with Gasteiger partial charge in [-0.3, -0.25) is 4.72 Å². The first-order valence-electron chi connectivity index (χ1n) is 8.46. The van der Waals surface area contributed by atoms with Gasteiger partial charge in [-0.1, -0.05) is 24.3 Å². The molecular weight excluding hydrogens is 393 g/mol. The highest BCUT2D eigenvalue weighted by molar-refractivity contribution is 7.92. The van der Waals surface area contributed by atoms with Crippen molar-refractivity contribution in [3.8, 4) is 0 Å². The molecule has 0 amide bonds. The predicted molar refractivity (Wildman–Crippen MR) is 102 cm³/mol. The molecule has 28 heavy (non-hydrogen) atoms. The van der Waals surface area contributed by atoms with Crippen molar-refractivity contribution in [1.29, 1.82) is 0 Å². The largest absolute Gasteiger partial charge is 0.416 e. The number of rotatable bonds is 6. The van der Waals surface area contributed by atoms with Crippen molar-refractivity contribution in [3.63, 3.8) is 0 Å². The number of aromatic amines is 1. The van der Waals surface area contributed by atoms with Gasteiger partial charge in [-0.15, -0.1) is 0 Å². The quantitative estimate of drug-likeness (QED) is 0.571. The number of hydrogen-bond acceptors (Lipinski definition) is 3. The number of aliphatic hydroxyl groups is 1. The van der Waals surface area contributed by atoms with Crippen LogP contribution in [0.2, 0.25) is 0 Å². The van der Waals surface area contributed by atoms with Crippen LogP contribution in [0.5, 0.6) is 0 Å². The van der Waals surface area contributed by atoms with E-state index in [0.29, 0.717) is 23.2 Å². The van der Waals surface area contributed by atoms with Gasteiger partial charge in [-0.25, -0.2) is 8.42 Å². The van der Waals surface area contributed by atoms with Crippen LogP contribution in [0.1, 0.15) is 29.0 Å². The van der Waals surface area contributed by atoms with Gasteiger partial charge in [-0.05, 0) is 35.7 Å². The minimum atomic E-state index is -4.42. The summed E-state index contributed by atoms with van der Waals surface area (Å²) in [4.78, 5) is 3.04. The average Bonchev–Trinajstić information content (AvgIpc) is 3.03. The normalized spacial score (nSPS) is 13.6. The van der Waals surface area contributed by atoms with E-state index < -0.39 is 21.8 Å². The van der Waals surface area contributed by atoms with Crippen LogP contribution in [0.4, 0.5) is 18.9 Å². The highest BCUT2D eigenvalue weighted by atomic mass is 32.2. The summed E-state index contributed by atoms with van der Waals surface area (Å²) in [5.41, 5.74) is 1.60. The van der Waals surface area contributed by atoms with Crippen LogP contribution in [-0.4, -0.2) is 31.4 Å². The molecular formula is C19H19F3N2O3S. The second-order valence-corrected chi connectivity index (χ2v) is 8.28. The third-order valence-corrected chi connectivity index (χ3v) is 5.07. The second kappa shape index (κ2) is 7.48. The summed E-state index contributed by atoms with van der Waals surface area (Å²) in [6.45, 7) is -0.153. The maximum atomic E-state index is 12.8. The van der Waals surface area contributed by atoms with E-state index in [-0.39, 0.29) is 12.5 Å². The third-order valence-electron chi connectivity index (χ3n) is 4.48. The Hall–Kier alpha value is -2.52. The molecule has 1 aromatic heterocycles. The monoisotopic (exact) mass is 412 g/mol. The van der Waals surface area contributed by atoms with Crippen LogP contribution in [0.25, 0.3) is 10.9 Å². The maximum absolute atomic E-state index is 12.8. The Morgan fingerprint density at radius 2 is 1.82 bits per heavy atom. The van der Waals surface area contributed by atoms with Crippen LogP contribution in [0, 0.1) is 0 Å². The number of sulfonamides is 1. The summed E-state index contributed by atoms with van der Waals surface area (Å²) in [7, 11) is -3.48. The number of benzene rings is 2. The summed E-state index contributed by atoms with van der Waals surface area (Å²) in [5.74, 6) is -0.352. The van der Waals surface area contributed by atoms with Crippen LogP contribution in [0.3, 0.4) is 0 Å². The lowest BCUT2D eigenvalue weighted by Crippen LogP contribution is -2.09. The number of aliphatic hydroxyl groups excluding tert-OH is 1. The molecule has 3 rings (SSSR count). The van der Waals surface area contributed by atoms with Crippen LogP contribution in [-0.2, 0) is 16.2 Å². The summed E-state index contributed by atoms with van der Waals surface area (Å²) in [6, 6.07) is 9.94. The molecule has 0 aliphatic carbocycles. The van der Waals surface area contributed by atoms with Gasteiger partial charge in [0.1, 0.15) is 0 Å². The van der Waals surface area contributed by atoms with Crippen molar-refractivity contribution < 1.29 is 26.7 Å². The molecule has 0 saturated carbocycles. The molecule has 0 radical (unpaired) electrons. The zero-order chi connectivity index (χ0) is 20.5. The van der Waals surface area contributed by atoms with Gasteiger partial charge in [0.25, 0.3) is 0 Å². The molecule has 5 nitrogen and oxygen atoms in total. The van der Waals surface area contributed by atoms with E-state index in [1.54, 1.807) is 24.4 Å². The number of alkyl halides is 3. The first kappa shape index (κ1) is 20.2. The number of nitrogens with one attached hydrogen (secondary N) is 2. The van der Waals surface area contributed by atoms with E-state index in [1.807, 2.05) is 0 Å². The molecule has 0 saturated heterocycles. The zero-order valence-corrected chi connectivity index (χ0v) is 15.7. The SMILES string of the molecule is CS(=O)(=O)Nc1cccc2c(C(CCO)c3ccc(C(F)(F)F)cc3)c[nH]c12. The molecule has 9 heteroatoms. The van der Waals surface area contributed by atoms with Crippen LogP contribution >= 0.6 is 0 Å². The van der Waals surface area contributed by atoms with Crippen molar-refractivity contribution in [2.45, 2.75) is 18.5 Å². The van der Waals surface area contributed by atoms with E-state index in [2.05, 4.69) is 9.71 Å². The molecule has 0 aliphatic rings. The molecule has 0 aliphatic heterocycles. The van der Waals surface area contributed by atoms with E-state index in [1.165, 1.54) is 12.1 Å². The Balaban J connectivity index is 2.05. The molecule has 1 heterocycles. The van der Waals surface area contributed by atoms with Gasteiger partial charge in [0.15, 0.2) is 0 Å². The van der Waals surface area contributed by atoms with Gasteiger partial charge in [0.2, 0.25) is 10.0 Å². The molecule has 3 N–H and O–H groups in total. The molecule has 0 spiro atoms. The van der Waals surface area contributed by atoms with Crippen LogP contribution < -0.4 is 4.72 Å². The standard InChI is InChI=1S/C19H19F3N2O3S/c1-28(26,27)24-17-4-2-3-15-16(11-23-18(15)17)14(9-10-25)12-5-7-13(8-6-12)19(20,21)22/h2-8,11,14,23-25H,9-10H2,1H3. The fraction of sp³-hybridized carbons (Fsp3) is 0.263. The van der Waals surface area contributed by atoms with Gasteiger partial charge >= 0.3 is 6.18 Å². The number of aromatic nitrogens is 1. The molecule has 3 aromatic rings. The summed E-state index contributed by atoms with van der Waals surface area (Å²) in [6.07, 6.45) is -1.37.